The molecule has 0 aromatic heterocycles. The van der Waals surface area contributed by atoms with E-state index in [0.717, 1.165) is 0 Å². The molecule has 5 nitrogen and oxygen atoms in total. The van der Waals surface area contributed by atoms with E-state index in [1.807, 2.05) is 11.9 Å². The highest BCUT2D eigenvalue weighted by atomic mass is 16.5. The van der Waals surface area contributed by atoms with Gasteiger partial charge in [-0.05, 0) is 13.5 Å². The summed E-state index contributed by atoms with van der Waals surface area (Å²) < 4.78 is 4.70. The van der Waals surface area contributed by atoms with Crippen LogP contribution in [0.4, 0.5) is 0 Å². The molecule has 3 atom stereocenters. The highest BCUT2D eigenvalue weighted by Crippen LogP contribution is 2.35. The first-order chi connectivity index (χ1) is 7.06. The number of fused-ring (bicyclic) bond motifs is 2. The summed E-state index contributed by atoms with van der Waals surface area (Å²) in [6.45, 7) is 3.79. The third kappa shape index (κ3) is 1.34. The minimum Gasteiger partial charge on any atom is -0.469 e. The molecular formula is C10H14N2O3. The van der Waals surface area contributed by atoms with Gasteiger partial charge in [-0.15, -0.1) is 0 Å². The smallest absolute Gasteiger partial charge is 0.310 e. The molecule has 0 aliphatic carbocycles. The third-order valence-corrected chi connectivity index (χ3v) is 3.25. The van der Waals surface area contributed by atoms with Gasteiger partial charge < -0.3 is 10.1 Å². The van der Waals surface area contributed by atoms with Crippen LogP contribution >= 0.6 is 0 Å². The lowest BCUT2D eigenvalue weighted by Gasteiger charge is -2.32. The van der Waals surface area contributed by atoms with Gasteiger partial charge in [0.15, 0.2) is 0 Å². The largest absolute Gasteiger partial charge is 0.469 e. The maximum Gasteiger partial charge on any atom is 0.310 e. The van der Waals surface area contributed by atoms with Crippen molar-refractivity contribution in [3.8, 4) is 0 Å². The van der Waals surface area contributed by atoms with E-state index < -0.39 is 6.04 Å². The number of amides is 1. The number of rotatable bonds is 1. The van der Waals surface area contributed by atoms with Gasteiger partial charge in [-0.2, -0.15) is 0 Å². The molecular weight excluding hydrogens is 196 g/mol. The monoisotopic (exact) mass is 210 g/mol. The van der Waals surface area contributed by atoms with Crippen LogP contribution in [0.5, 0.6) is 0 Å². The first-order valence-corrected chi connectivity index (χ1v) is 4.85. The molecule has 2 bridgehead atoms. The van der Waals surface area contributed by atoms with Crippen molar-refractivity contribution in [2.75, 3.05) is 14.2 Å². The second kappa shape index (κ2) is 3.34. The molecule has 2 fully saturated rings. The number of ether oxygens (including phenoxy) is 1. The molecule has 0 aromatic rings. The molecule has 15 heavy (non-hydrogen) atoms. The normalized spacial score (nSPS) is 35.2. The second-order valence-electron chi connectivity index (χ2n) is 4.01. The Balaban J connectivity index is 2.30. The molecule has 2 rings (SSSR count). The number of hydrogen-bond donors (Lipinski definition) is 1. The summed E-state index contributed by atoms with van der Waals surface area (Å²) in [5, 5.41) is 2.70. The van der Waals surface area contributed by atoms with Crippen LogP contribution < -0.4 is 5.32 Å². The highest BCUT2D eigenvalue weighted by molar-refractivity contribution is 5.91. The molecule has 2 aliphatic heterocycles. The average molecular weight is 210 g/mol. The van der Waals surface area contributed by atoms with Crippen molar-refractivity contribution < 1.29 is 14.3 Å². The number of likely N-dealkylation sites (N-methyl/N-ethyl adjacent to an activating group) is 1. The van der Waals surface area contributed by atoms with Gasteiger partial charge in [-0.25, -0.2) is 0 Å². The highest BCUT2D eigenvalue weighted by Gasteiger charge is 2.51. The van der Waals surface area contributed by atoms with Crippen molar-refractivity contribution in [1.82, 2.24) is 10.2 Å². The number of hydrogen-bond acceptors (Lipinski definition) is 4. The molecule has 0 unspecified atom stereocenters. The van der Waals surface area contributed by atoms with Gasteiger partial charge in [0.05, 0.1) is 19.1 Å². The zero-order valence-electron chi connectivity index (χ0n) is 8.82. The van der Waals surface area contributed by atoms with Crippen LogP contribution in [0.25, 0.3) is 0 Å². The Hall–Kier alpha value is -1.36. The number of nitrogens with one attached hydrogen (secondary N) is 1. The topological polar surface area (TPSA) is 58.6 Å². The van der Waals surface area contributed by atoms with Gasteiger partial charge >= 0.3 is 5.97 Å². The Morgan fingerprint density at radius 3 is 2.93 bits per heavy atom. The lowest BCUT2D eigenvalue weighted by molar-refractivity contribution is -0.148. The van der Waals surface area contributed by atoms with Crippen molar-refractivity contribution in [1.29, 1.82) is 0 Å². The summed E-state index contributed by atoms with van der Waals surface area (Å²) in [6, 6.07) is -0.357. The molecule has 2 heterocycles. The van der Waals surface area contributed by atoms with Crippen molar-refractivity contribution in [3.63, 3.8) is 0 Å². The van der Waals surface area contributed by atoms with Crippen LogP contribution in [0.1, 0.15) is 6.42 Å². The molecule has 0 radical (unpaired) electrons. The summed E-state index contributed by atoms with van der Waals surface area (Å²) in [7, 11) is 3.18. The number of carbonyl (C=O) groups excluding carboxylic acids is 2. The summed E-state index contributed by atoms with van der Waals surface area (Å²) in [5.74, 6) is -0.852. The maximum absolute atomic E-state index is 11.7. The molecule has 82 valence electrons. The van der Waals surface area contributed by atoms with Crippen molar-refractivity contribution >= 4 is 11.9 Å². The first kappa shape index (κ1) is 10.2. The predicted molar refractivity (Wildman–Crippen MR) is 52.7 cm³/mol. The number of carbonyl (C=O) groups is 2. The minimum absolute atomic E-state index is 0.0526. The Morgan fingerprint density at radius 2 is 2.33 bits per heavy atom. The lowest BCUT2D eigenvalue weighted by atomic mass is 10.00. The van der Waals surface area contributed by atoms with Gasteiger partial charge in [-0.1, -0.05) is 6.58 Å². The zero-order valence-corrected chi connectivity index (χ0v) is 8.82. The van der Waals surface area contributed by atoms with Crippen LogP contribution in [-0.4, -0.2) is 43.0 Å². The predicted octanol–water partition coefficient (Wildman–Crippen LogP) is -0.508. The van der Waals surface area contributed by atoms with E-state index in [1.54, 1.807) is 0 Å². The second-order valence-corrected chi connectivity index (χ2v) is 4.01. The fourth-order valence-electron chi connectivity index (χ4n) is 2.46. The summed E-state index contributed by atoms with van der Waals surface area (Å²) >= 11 is 0. The molecule has 0 spiro atoms. The van der Waals surface area contributed by atoms with E-state index in [-0.39, 0.29) is 23.8 Å². The van der Waals surface area contributed by atoms with Gasteiger partial charge in [-0.3, -0.25) is 14.5 Å². The number of esters is 1. The minimum atomic E-state index is -0.409. The zero-order chi connectivity index (χ0) is 11.2. The molecule has 0 saturated carbocycles. The average Bonchev–Trinajstić information content (AvgIpc) is 2.46. The van der Waals surface area contributed by atoms with Gasteiger partial charge in [0, 0.05) is 5.70 Å². The Kier molecular flexibility index (Phi) is 2.26. The van der Waals surface area contributed by atoms with Crippen molar-refractivity contribution in [3.05, 3.63) is 12.3 Å². The molecule has 2 saturated heterocycles. The van der Waals surface area contributed by atoms with Crippen molar-refractivity contribution in [2.45, 2.75) is 18.5 Å². The van der Waals surface area contributed by atoms with E-state index in [1.165, 1.54) is 7.11 Å². The molecule has 5 heteroatoms. The summed E-state index contributed by atoms with van der Waals surface area (Å²) in [4.78, 5) is 25.1. The molecule has 1 N–H and O–H groups in total. The fraction of sp³-hybridized carbons (Fsp3) is 0.600. The number of nitrogens with zero attached hydrogens (tertiary/aromatic N) is 1. The molecule has 1 amide bonds. The van der Waals surface area contributed by atoms with E-state index >= 15 is 0 Å². The van der Waals surface area contributed by atoms with Gasteiger partial charge in [0.1, 0.15) is 6.04 Å². The third-order valence-electron chi connectivity index (χ3n) is 3.25. The lowest BCUT2D eigenvalue weighted by Crippen LogP contribution is -2.53. The Labute approximate surface area is 88.1 Å². The summed E-state index contributed by atoms with van der Waals surface area (Å²) in [5.41, 5.74) is 0.671. The SMILES string of the molecule is C=C1NC(=O)[C@@H]2[C@@H](C(=O)OC)C[C@H]1N2C. The van der Waals surface area contributed by atoms with Crippen LogP contribution in [0, 0.1) is 5.92 Å². The Morgan fingerprint density at radius 1 is 1.67 bits per heavy atom. The fourth-order valence-corrected chi connectivity index (χ4v) is 2.46. The first-order valence-electron chi connectivity index (χ1n) is 4.85. The van der Waals surface area contributed by atoms with Gasteiger partial charge in [0.25, 0.3) is 0 Å². The quantitative estimate of drug-likeness (QED) is 0.592. The maximum atomic E-state index is 11.7. The Bertz CT molecular complexity index is 340. The van der Waals surface area contributed by atoms with Crippen LogP contribution in [0.3, 0.4) is 0 Å². The number of methoxy groups -OCH3 is 1. The standard InChI is InChI=1S/C10H14N2O3/c1-5-7-4-6(10(14)15-3)8(12(7)2)9(13)11-5/h6-8H,1,4H2,2-3H3,(H,11,13)/t6-,7+,8-/m0/s1. The molecule has 0 aromatic carbocycles. The van der Waals surface area contributed by atoms with Crippen LogP contribution in [0.2, 0.25) is 0 Å². The van der Waals surface area contributed by atoms with E-state index in [9.17, 15) is 9.59 Å². The van der Waals surface area contributed by atoms with E-state index in [0.29, 0.717) is 12.1 Å². The molecule has 2 aliphatic rings. The van der Waals surface area contributed by atoms with Gasteiger partial charge in [0.2, 0.25) is 5.91 Å². The van der Waals surface area contributed by atoms with E-state index in [4.69, 9.17) is 4.74 Å². The number of piperazine rings is 1. The van der Waals surface area contributed by atoms with Crippen molar-refractivity contribution in [2.24, 2.45) is 5.92 Å². The van der Waals surface area contributed by atoms with E-state index in [2.05, 4.69) is 11.9 Å². The van der Waals surface area contributed by atoms with Crippen LogP contribution in [0.15, 0.2) is 12.3 Å². The van der Waals surface area contributed by atoms with Crippen LogP contribution in [-0.2, 0) is 14.3 Å². The summed E-state index contributed by atoms with van der Waals surface area (Å²) in [6.07, 6.45) is 0.603.